The van der Waals surface area contributed by atoms with E-state index in [-0.39, 0.29) is 5.41 Å². The van der Waals surface area contributed by atoms with Gasteiger partial charge in [0.05, 0.1) is 7.11 Å². The molecule has 3 heteroatoms. The number of rotatable bonds is 3. The average Bonchev–Trinajstić information content (AvgIpc) is 3.14. The van der Waals surface area contributed by atoms with Crippen molar-refractivity contribution in [1.82, 2.24) is 0 Å². The Hall–Kier alpha value is -1.51. The third kappa shape index (κ3) is 1.61. The van der Waals surface area contributed by atoms with Crippen molar-refractivity contribution >= 4 is 5.97 Å². The molecule has 2 aliphatic carbocycles. The summed E-state index contributed by atoms with van der Waals surface area (Å²) in [6.45, 7) is 0. The number of fused-ring (bicyclic) bond motifs is 2. The second kappa shape index (κ2) is 4.01. The van der Waals surface area contributed by atoms with Crippen molar-refractivity contribution in [2.24, 2.45) is 5.92 Å². The standard InChI is InChI=1S/C15H18O3/c1-18-13-4-2-3-12-11(13)6-5-10(9-14(16)17)15(12)7-8-15/h2-4,10H,5-9H2,1H3,(H,16,17). The zero-order valence-corrected chi connectivity index (χ0v) is 10.6. The van der Waals surface area contributed by atoms with Crippen LogP contribution in [0.3, 0.4) is 0 Å². The van der Waals surface area contributed by atoms with E-state index in [2.05, 4.69) is 6.07 Å². The fourth-order valence-corrected chi connectivity index (χ4v) is 3.62. The van der Waals surface area contributed by atoms with Crippen LogP contribution in [0.2, 0.25) is 0 Å². The third-order valence-electron chi connectivity index (χ3n) is 4.62. The number of ether oxygens (including phenoxy) is 1. The van der Waals surface area contributed by atoms with Crippen LogP contribution in [0, 0.1) is 5.92 Å². The van der Waals surface area contributed by atoms with Gasteiger partial charge in [-0.1, -0.05) is 12.1 Å². The first-order chi connectivity index (χ1) is 8.67. The SMILES string of the molecule is COc1cccc2c1CCC(CC(=O)O)C21CC1. The molecule has 3 nitrogen and oxygen atoms in total. The molecule has 1 spiro atoms. The molecule has 1 aromatic carbocycles. The van der Waals surface area contributed by atoms with Gasteiger partial charge in [-0.3, -0.25) is 4.79 Å². The van der Waals surface area contributed by atoms with E-state index in [1.165, 1.54) is 11.1 Å². The summed E-state index contributed by atoms with van der Waals surface area (Å²) in [5.41, 5.74) is 2.79. The van der Waals surface area contributed by atoms with Crippen LogP contribution in [0.4, 0.5) is 0 Å². The number of hydrogen-bond donors (Lipinski definition) is 1. The molecule has 1 atom stereocenters. The highest BCUT2D eigenvalue weighted by Gasteiger charge is 2.53. The Balaban J connectivity index is 2.00. The first kappa shape index (κ1) is 11.6. The lowest BCUT2D eigenvalue weighted by atomic mass is 9.71. The van der Waals surface area contributed by atoms with Crippen LogP contribution in [0.1, 0.15) is 36.8 Å². The molecule has 0 aromatic heterocycles. The van der Waals surface area contributed by atoms with Gasteiger partial charge in [-0.05, 0) is 54.2 Å². The molecule has 0 bridgehead atoms. The minimum atomic E-state index is -0.669. The van der Waals surface area contributed by atoms with Crippen molar-refractivity contribution in [3.8, 4) is 5.75 Å². The predicted molar refractivity (Wildman–Crippen MR) is 68.0 cm³/mol. The normalized spacial score (nSPS) is 23.5. The third-order valence-corrected chi connectivity index (χ3v) is 4.62. The molecule has 1 unspecified atom stereocenters. The van der Waals surface area contributed by atoms with E-state index in [0.717, 1.165) is 31.4 Å². The number of benzene rings is 1. The summed E-state index contributed by atoms with van der Waals surface area (Å²) in [6.07, 6.45) is 4.48. The summed E-state index contributed by atoms with van der Waals surface area (Å²) in [4.78, 5) is 11.0. The van der Waals surface area contributed by atoms with Crippen LogP contribution in [-0.2, 0) is 16.6 Å². The van der Waals surface area contributed by atoms with E-state index in [0.29, 0.717) is 12.3 Å². The Morgan fingerprint density at radius 3 is 2.89 bits per heavy atom. The molecular formula is C15H18O3. The second-order valence-corrected chi connectivity index (χ2v) is 5.48. The van der Waals surface area contributed by atoms with Crippen LogP contribution in [-0.4, -0.2) is 18.2 Å². The van der Waals surface area contributed by atoms with Crippen LogP contribution in [0.25, 0.3) is 0 Å². The van der Waals surface area contributed by atoms with Crippen molar-refractivity contribution in [2.45, 2.75) is 37.5 Å². The fourth-order valence-electron chi connectivity index (χ4n) is 3.62. The zero-order valence-electron chi connectivity index (χ0n) is 10.6. The van der Waals surface area contributed by atoms with Crippen LogP contribution in [0.15, 0.2) is 18.2 Å². The maximum Gasteiger partial charge on any atom is 0.303 e. The number of aliphatic carboxylic acids is 1. The highest BCUT2D eigenvalue weighted by molar-refractivity contribution is 5.68. The van der Waals surface area contributed by atoms with E-state index in [1.54, 1.807) is 7.11 Å². The van der Waals surface area contributed by atoms with E-state index in [4.69, 9.17) is 9.84 Å². The van der Waals surface area contributed by atoms with Gasteiger partial charge in [0.25, 0.3) is 0 Å². The molecule has 0 radical (unpaired) electrons. The zero-order chi connectivity index (χ0) is 12.8. The molecule has 1 aromatic rings. The molecular weight excluding hydrogens is 228 g/mol. The number of carbonyl (C=O) groups is 1. The molecule has 3 rings (SSSR count). The van der Waals surface area contributed by atoms with Crippen LogP contribution < -0.4 is 4.74 Å². The maximum atomic E-state index is 11.0. The van der Waals surface area contributed by atoms with E-state index in [9.17, 15) is 4.79 Å². The van der Waals surface area contributed by atoms with Crippen molar-refractivity contribution in [3.05, 3.63) is 29.3 Å². The number of carboxylic acids is 1. The molecule has 1 N–H and O–H groups in total. The molecule has 96 valence electrons. The van der Waals surface area contributed by atoms with Crippen LogP contribution >= 0.6 is 0 Å². The van der Waals surface area contributed by atoms with Crippen molar-refractivity contribution in [3.63, 3.8) is 0 Å². The van der Waals surface area contributed by atoms with Gasteiger partial charge in [-0.2, -0.15) is 0 Å². The number of hydrogen-bond acceptors (Lipinski definition) is 2. The smallest absolute Gasteiger partial charge is 0.303 e. The van der Waals surface area contributed by atoms with Gasteiger partial charge in [0.2, 0.25) is 0 Å². The quantitative estimate of drug-likeness (QED) is 0.892. The molecule has 1 saturated carbocycles. The van der Waals surface area contributed by atoms with Gasteiger partial charge >= 0.3 is 5.97 Å². The molecule has 0 heterocycles. The topological polar surface area (TPSA) is 46.5 Å². The van der Waals surface area contributed by atoms with Gasteiger partial charge in [-0.15, -0.1) is 0 Å². The van der Waals surface area contributed by atoms with Crippen LogP contribution in [0.5, 0.6) is 5.75 Å². The Labute approximate surface area is 107 Å². The van der Waals surface area contributed by atoms with Crippen molar-refractivity contribution in [1.29, 1.82) is 0 Å². The van der Waals surface area contributed by atoms with Crippen molar-refractivity contribution < 1.29 is 14.6 Å². The maximum absolute atomic E-state index is 11.0. The molecule has 1 fully saturated rings. The number of methoxy groups -OCH3 is 1. The summed E-state index contributed by atoms with van der Waals surface area (Å²) >= 11 is 0. The summed E-state index contributed by atoms with van der Waals surface area (Å²) in [6, 6.07) is 6.20. The molecule has 0 aliphatic heterocycles. The van der Waals surface area contributed by atoms with E-state index in [1.807, 2.05) is 12.1 Å². The Morgan fingerprint density at radius 2 is 2.28 bits per heavy atom. The fraction of sp³-hybridized carbons (Fsp3) is 0.533. The Bertz CT molecular complexity index is 489. The summed E-state index contributed by atoms with van der Waals surface area (Å²) < 4.78 is 5.43. The molecule has 0 saturated heterocycles. The largest absolute Gasteiger partial charge is 0.496 e. The second-order valence-electron chi connectivity index (χ2n) is 5.48. The summed E-state index contributed by atoms with van der Waals surface area (Å²) in [5.74, 6) is 0.597. The lowest BCUT2D eigenvalue weighted by Gasteiger charge is -2.34. The highest BCUT2D eigenvalue weighted by Crippen LogP contribution is 2.60. The van der Waals surface area contributed by atoms with Gasteiger partial charge < -0.3 is 9.84 Å². The summed E-state index contributed by atoms with van der Waals surface area (Å²) in [5, 5.41) is 9.05. The van der Waals surface area contributed by atoms with E-state index >= 15 is 0 Å². The van der Waals surface area contributed by atoms with Gasteiger partial charge in [-0.25, -0.2) is 0 Å². The minimum Gasteiger partial charge on any atom is -0.496 e. The monoisotopic (exact) mass is 246 g/mol. The molecule has 2 aliphatic rings. The highest BCUT2D eigenvalue weighted by atomic mass is 16.5. The number of carboxylic acid groups (broad SMARTS) is 1. The first-order valence-electron chi connectivity index (χ1n) is 6.55. The minimum absolute atomic E-state index is 0.139. The Kier molecular flexibility index (Phi) is 2.58. The van der Waals surface area contributed by atoms with Gasteiger partial charge in [0, 0.05) is 6.42 Å². The predicted octanol–water partition coefficient (Wildman–Crippen LogP) is 2.76. The summed E-state index contributed by atoms with van der Waals surface area (Å²) in [7, 11) is 1.71. The average molecular weight is 246 g/mol. The van der Waals surface area contributed by atoms with E-state index < -0.39 is 5.97 Å². The molecule has 0 amide bonds. The lowest BCUT2D eigenvalue weighted by Crippen LogP contribution is -2.29. The lowest BCUT2D eigenvalue weighted by molar-refractivity contribution is -0.138. The Morgan fingerprint density at radius 1 is 1.50 bits per heavy atom. The van der Waals surface area contributed by atoms with Crippen molar-refractivity contribution in [2.75, 3.05) is 7.11 Å². The molecule has 18 heavy (non-hydrogen) atoms. The first-order valence-corrected chi connectivity index (χ1v) is 6.55. The van der Waals surface area contributed by atoms with Gasteiger partial charge in [0.15, 0.2) is 0 Å². The van der Waals surface area contributed by atoms with Gasteiger partial charge in [0.1, 0.15) is 5.75 Å².